The Kier molecular flexibility index (Phi) is 8.44. The predicted molar refractivity (Wildman–Crippen MR) is 232 cm³/mol. The van der Waals surface area contributed by atoms with Crippen LogP contribution in [0.15, 0.2) is 206 Å². The van der Waals surface area contributed by atoms with E-state index in [0.29, 0.717) is 11.5 Å². The van der Waals surface area contributed by atoms with Crippen LogP contribution in [0.2, 0.25) is 0 Å². The zero-order valence-electron chi connectivity index (χ0n) is 30.1. The van der Waals surface area contributed by atoms with Crippen molar-refractivity contribution in [1.29, 1.82) is 0 Å². The molecule has 0 aliphatic carbocycles. The van der Waals surface area contributed by atoms with Crippen LogP contribution in [-0.2, 0) is 0 Å². The molecule has 2 heterocycles. The summed E-state index contributed by atoms with van der Waals surface area (Å²) in [5.41, 5.74) is 9.11. The van der Waals surface area contributed by atoms with E-state index in [1.54, 1.807) is 0 Å². The molecule has 270 valence electrons. The molecule has 10 rings (SSSR count). The summed E-state index contributed by atoms with van der Waals surface area (Å²) in [7, 11) is -6.88. The molecule has 8 aromatic rings. The maximum absolute atomic E-state index is 12.8. The van der Waals surface area contributed by atoms with Gasteiger partial charge >= 0.3 is 15.7 Å². The molecule has 56 heavy (non-hydrogen) atoms. The molecule has 0 radical (unpaired) electrons. The highest BCUT2D eigenvalue weighted by Crippen LogP contribution is 2.68. The fourth-order valence-corrected chi connectivity index (χ4v) is 12.8. The molecule has 0 amide bonds. The molecule has 0 aromatic heterocycles. The van der Waals surface area contributed by atoms with Gasteiger partial charge in [0.25, 0.3) is 0 Å². The normalized spacial score (nSPS) is 17.5. The Morgan fingerprint density at radius 2 is 0.607 bits per heavy atom. The smallest absolute Gasteiger partial charge is 0.287 e. The zero-order valence-corrected chi connectivity index (χ0v) is 31.9. The van der Waals surface area contributed by atoms with Gasteiger partial charge in [0.15, 0.2) is 22.1 Å². The van der Waals surface area contributed by atoms with E-state index in [1.807, 2.05) is 179 Å². The second kappa shape index (κ2) is 13.8. The van der Waals surface area contributed by atoms with Gasteiger partial charge in [0, 0.05) is 22.3 Å². The molecule has 8 aromatic carbocycles. The largest absolute Gasteiger partial charge is 0.456 e. The van der Waals surface area contributed by atoms with Gasteiger partial charge in [0.1, 0.15) is 0 Å². The quantitative estimate of drug-likeness (QED) is 0.158. The Morgan fingerprint density at radius 3 is 1.00 bits per heavy atom. The minimum Gasteiger partial charge on any atom is -0.287 e. The van der Waals surface area contributed by atoms with Gasteiger partial charge in [0.2, 0.25) is 0 Å². The second-order valence-electron chi connectivity index (χ2n) is 13.7. The van der Waals surface area contributed by atoms with Crippen molar-refractivity contribution in [2.45, 2.75) is 0 Å². The summed E-state index contributed by atoms with van der Waals surface area (Å²) in [5.74, 6) is 1.31. The monoisotopic (exact) mass is 766 g/mol. The predicted octanol–water partition coefficient (Wildman–Crippen LogP) is 11.9. The highest BCUT2D eigenvalue weighted by atomic mass is 31.2. The van der Waals surface area contributed by atoms with Gasteiger partial charge in [-0.2, -0.15) is 19.1 Å². The lowest BCUT2D eigenvalue weighted by Crippen LogP contribution is -2.34. The lowest BCUT2D eigenvalue weighted by atomic mass is 10.0. The molecular formula is C48H36N2O4P2+2. The molecule has 2 aliphatic heterocycles. The molecular weight excluding hydrogens is 730 g/mol. The van der Waals surface area contributed by atoms with E-state index in [1.165, 1.54) is 0 Å². The van der Waals surface area contributed by atoms with Gasteiger partial charge in [0.05, 0.1) is 22.7 Å². The summed E-state index contributed by atoms with van der Waals surface area (Å²) in [6.45, 7) is 0. The minimum atomic E-state index is -3.44. The van der Waals surface area contributed by atoms with Crippen LogP contribution < -0.4 is 29.0 Å². The number of benzene rings is 8. The van der Waals surface area contributed by atoms with E-state index in [9.17, 15) is 9.79 Å². The van der Waals surface area contributed by atoms with E-state index in [-0.39, 0.29) is 0 Å². The Morgan fingerprint density at radius 1 is 0.304 bits per heavy atom. The fourth-order valence-electron chi connectivity index (χ4n) is 7.77. The SMILES string of the molecule is O[P+]1(N(c2ccccc2)c2ccc(-c3ccc(N(c4ccccc4)[P+]4(O)Oc5ccccc5-c5ccccc54)cc3)cc2)Oc2ccccc2-c2ccccc21. The Balaban J connectivity index is 1.02. The average molecular weight is 767 g/mol. The maximum atomic E-state index is 12.8. The summed E-state index contributed by atoms with van der Waals surface area (Å²) in [6, 6.07) is 68.0. The lowest BCUT2D eigenvalue weighted by Gasteiger charge is -2.34. The highest BCUT2D eigenvalue weighted by Gasteiger charge is 2.57. The molecule has 0 saturated carbocycles. The first-order chi connectivity index (χ1) is 27.5. The van der Waals surface area contributed by atoms with E-state index in [0.717, 1.165) is 66.7 Å². The number of hydrogen-bond acceptors (Lipinski definition) is 6. The Hall–Kier alpha value is -6.26. The van der Waals surface area contributed by atoms with Crippen LogP contribution in [0, 0.1) is 0 Å². The van der Waals surface area contributed by atoms with Crippen LogP contribution in [0.1, 0.15) is 0 Å². The van der Waals surface area contributed by atoms with Crippen LogP contribution >= 0.6 is 15.7 Å². The highest BCUT2D eigenvalue weighted by molar-refractivity contribution is 7.76. The minimum absolute atomic E-state index is 0.655. The van der Waals surface area contributed by atoms with Crippen LogP contribution in [-0.4, -0.2) is 9.79 Å². The molecule has 2 atom stereocenters. The van der Waals surface area contributed by atoms with Crippen LogP contribution in [0.3, 0.4) is 0 Å². The number of rotatable bonds is 7. The van der Waals surface area contributed by atoms with Crippen LogP contribution in [0.4, 0.5) is 22.7 Å². The third kappa shape index (κ3) is 5.66. The third-order valence-corrected chi connectivity index (χ3v) is 15.3. The lowest BCUT2D eigenvalue weighted by molar-refractivity contribution is 0.466. The van der Waals surface area contributed by atoms with Gasteiger partial charge in [-0.15, -0.1) is 0 Å². The van der Waals surface area contributed by atoms with Crippen molar-refractivity contribution in [3.63, 3.8) is 0 Å². The maximum Gasteiger partial charge on any atom is 0.456 e. The molecule has 6 nitrogen and oxygen atoms in total. The van der Waals surface area contributed by atoms with Gasteiger partial charge in [-0.1, -0.05) is 121 Å². The number of hydrogen-bond donors (Lipinski definition) is 2. The molecule has 0 spiro atoms. The van der Waals surface area contributed by atoms with Crippen molar-refractivity contribution in [3.05, 3.63) is 206 Å². The summed E-state index contributed by atoms with van der Waals surface area (Å²) in [6.07, 6.45) is 0. The molecule has 2 N–H and O–H groups in total. The first-order valence-corrected chi connectivity index (χ1v) is 21.7. The van der Waals surface area contributed by atoms with Gasteiger partial charge in [-0.25, -0.2) is 0 Å². The molecule has 2 aliphatic rings. The Bertz CT molecular complexity index is 2510. The van der Waals surface area contributed by atoms with E-state index >= 15 is 0 Å². The summed E-state index contributed by atoms with van der Waals surface area (Å²) in [5, 5.41) is 1.53. The second-order valence-corrected chi connectivity index (χ2v) is 18.0. The first-order valence-electron chi connectivity index (χ1n) is 18.4. The van der Waals surface area contributed by atoms with Crippen molar-refractivity contribution in [1.82, 2.24) is 0 Å². The van der Waals surface area contributed by atoms with Gasteiger partial charge in [-0.05, 0) is 96.1 Å². The molecule has 2 unspecified atom stereocenters. The molecule has 8 heteroatoms. The number of anilines is 4. The first kappa shape index (κ1) is 34.2. The van der Waals surface area contributed by atoms with Crippen molar-refractivity contribution >= 4 is 49.1 Å². The molecule has 0 bridgehead atoms. The van der Waals surface area contributed by atoms with Crippen molar-refractivity contribution < 1.29 is 18.8 Å². The van der Waals surface area contributed by atoms with Gasteiger partial charge in [-0.3, -0.25) is 9.05 Å². The third-order valence-electron chi connectivity index (χ3n) is 10.3. The zero-order chi connectivity index (χ0) is 37.7. The fraction of sp³-hybridized carbons (Fsp3) is 0. The topological polar surface area (TPSA) is 65.4 Å². The standard InChI is InChI=1S/C48H36N2O4P2/c51-55(47-25-13-9-21-43(47)41-19-7-11-23-45(41)53-55)49(37-15-3-1-4-16-37)39-31-27-35(28-32-39)36-29-33-40(34-30-36)50(38-17-5-2-6-18-38)56(52)48-26-14-10-22-44(48)42-20-8-12-24-46(42)54-56/h1-34,51-52H/q+2. The van der Waals surface area contributed by atoms with E-state index < -0.39 is 15.7 Å². The number of para-hydroxylation sites is 4. The van der Waals surface area contributed by atoms with Crippen molar-refractivity contribution in [2.24, 2.45) is 0 Å². The number of nitrogens with zero attached hydrogens (tertiary/aromatic N) is 2. The molecule has 0 saturated heterocycles. The average Bonchev–Trinajstić information content (AvgIpc) is 3.25. The molecule has 0 fully saturated rings. The summed E-state index contributed by atoms with van der Waals surface area (Å²) >= 11 is 0. The Labute approximate surface area is 327 Å². The van der Waals surface area contributed by atoms with E-state index in [4.69, 9.17) is 9.05 Å². The van der Waals surface area contributed by atoms with Crippen molar-refractivity contribution in [2.75, 3.05) is 9.34 Å². The summed E-state index contributed by atoms with van der Waals surface area (Å²) in [4.78, 5) is 25.7. The van der Waals surface area contributed by atoms with Crippen LogP contribution in [0.25, 0.3) is 33.4 Å². The van der Waals surface area contributed by atoms with Crippen LogP contribution in [0.5, 0.6) is 11.5 Å². The van der Waals surface area contributed by atoms with Crippen molar-refractivity contribution in [3.8, 4) is 44.9 Å². The van der Waals surface area contributed by atoms with Gasteiger partial charge < -0.3 is 0 Å². The summed E-state index contributed by atoms with van der Waals surface area (Å²) < 4.78 is 17.2. The number of fused-ring (bicyclic) bond motifs is 6. The van der Waals surface area contributed by atoms with E-state index in [2.05, 4.69) is 36.4 Å².